The number of aromatic nitrogens is 2. The summed E-state index contributed by atoms with van der Waals surface area (Å²) in [6.07, 6.45) is -4.25. The molecule has 1 aromatic heterocycles. The highest BCUT2D eigenvalue weighted by atomic mass is 32.1. The molecule has 0 radical (unpaired) electrons. The van der Waals surface area contributed by atoms with Gasteiger partial charge in [0.05, 0.1) is 12.6 Å². The maximum Gasteiger partial charge on any atom is 0.445 e. The van der Waals surface area contributed by atoms with Gasteiger partial charge >= 0.3 is 6.18 Å². The molecule has 0 aromatic carbocycles. The first-order chi connectivity index (χ1) is 13.6. The first kappa shape index (κ1) is 20.7. The van der Waals surface area contributed by atoms with E-state index >= 15 is 0 Å². The molecule has 0 aliphatic carbocycles. The van der Waals surface area contributed by atoms with Crippen molar-refractivity contribution < 1.29 is 26.7 Å². The standard InChI is InChI=1S/C16H21F5N6OS/c17-15(18)1-2-27(9-15)12(28)11-7-10(8-22-11)25-3-5-26(6-4-25)14-24-23-13(29-14)16(19,20)21/h10-11,22H,1-9H2/t10-,11-/m0/s1. The number of piperazine rings is 1. The molecule has 7 nitrogen and oxygen atoms in total. The largest absolute Gasteiger partial charge is 0.445 e. The van der Waals surface area contributed by atoms with E-state index in [1.54, 1.807) is 4.90 Å². The van der Waals surface area contributed by atoms with Crippen LogP contribution in [-0.2, 0) is 11.0 Å². The molecule has 3 aliphatic rings. The highest BCUT2D eigenvalue weighted by Crippen LogP contribution is 2.35. The average molecular weight is 440 g/mol. The second kappa shape index (κ2) is 7.58. The number of nitrogens with zero attached hydrogens (tertiary/aromatic N) is 5. The van der Waals surface area contributed by atoms with Gasteiger partial charge in [0.25, 0.3) is 5.92 Å². The number of alkyl halides is 5. The smallest absolute Gasteiger partial charge is 0.344 e. The number of carbonyl (C=O) groups excluding carboxylic acids is 1. The molecular weight excluding hydrogens is 419 g/mol. The molecule has 0 unspecified atom stereocenters. The minimum absolute atomic E-state index is 0.0785. The van der Waals surface area contributed by atoms with Gasteiger partial charge in [-0.1, -0.05) is 11.3 Å². The number of hydrogen-bond acceptors (Lipinski definition) is 7. The van der Waals surface area contributed by atoms with E-state index in [0.717, 1.165) is 0 Å². The first-order valence-electron chi connectivity index (χ1n) is 9.42. The van der Waals surface area contributed by atoms with Gasteiger partial charge in [-0.2, -0.15) is 13.2 Å². The summed E-state index contributed by atoms with van der Waals surface area (Å²) in [7, 11) is 0. The van der Waals surface area contributed by atoms with E-state index in [1.165, 1.54) is 4.90 Å². The van der Waals surface area contributed by atoms with Gasteiger partial charge in [-0.25, -0.2) is 8.78 Å². The zero-order chi connectivity index (χ0) is 20.8. The molecule has 4 heterocycles. The van der Waals surface area contributed by atoms with Crippen LogP contribution < -0.4 is 10.2 Å². The predicted octanol–water partition coefficient (Wildman–Crippen LogP) is 1.28. The molecule has 13 heteroatoms. The normalized spacial score (nSPS) is 28.3. The second-order valence-electron chi connectivity index (χ2n) is 7.63. The Labute approximate surface area is 167 Å². The molecule has 3 saturated heterocycles. The fourth-order valence-corrected chi connectivity index (χ4v) is 4.83. The lowest BCUT2D eigenvalue weighted by Gasteiger charge is -2.37. The van der Waals surface area contributed by atoms with Crippen molar-refractivity contribution in [3.63, 3.8) is 0 Å². The van der Waals surface area contributed by atoms with E-state index in [9.17, 15) is 26.7 Å². The van der Waals surface area contributed by atoms with Crippen molar-refractivity contribution >= 4 is 22.4 Å². The SMILES string of the molecule is O=C([C@@H]1C[C@H](N2CCN(c3nnc(C(F)(F)F)s3)CC2)CN1)N1CCC(F)(F)C1. The van der Waals surface area contributed by atoms with Gasteiger partial charge in [0.15, 0.2) is 0 Å². The number of carbonyl (C=O) groups is 1. The van der Waals surface area contributed by atoms with Crippen LogP contribution in [0.3, 0.4) is 0 Å². The van der Waals surface area contributed by atoms with Crippen molar-refractivity contribution in [3.8, 4) is 0 Å². The molecule has 0 saturated carbocycles. The summed E-state index contributed by atoms with van der Waals surface area (Å²) < 4.78 is 64.8. The number of halogens is 5. The third-order valence-corrected chi connectivity index (χ3v) is 6.67. The van der Waals surface area contributed by atoms with Gasteiger partial charge in [-0.05, 0) is 6.42 Å². The summed E-state index contributed by atoms with van der Waals surface area (Å²) in [4.78, 5) is 17.7. The van der Waals surface area contributed by atoms with Crippen LogP contribution in [0.5, 0.6) is 0 Å². The molecule has 0 bridgehead atoms. The number of nitrogens with one attached hydrogen (secondary N) is 1. The fourth-order valence-electron chi connectivity index (χ4n) is 4.06. The molecule has 29 heavy (non-hydrogen) atoms. The third-order valence-electron chi connectivity index (χ3n) is 5.65. The van der Waals surface area contributed by atoms with Crippen molar-refractivity contribution in [1.82, 2.24) is 25.3 Å². The summed E-state index contributed by atoms with van der Waals surface area (Å²) in [5, 5.41) is 9.30. The second-order valence-corrected chi connectivity index (χ2v) is 8.58. The van der Waals surface area contributed by atoms with Crippen molar-refractivity contribution in [2.24, 2.45) is 0 Å². The maximum absolute atomic E-state index is 13.4. The summed E-state index contributed by atoms with van der Waals surface area (Å²) >= 11 is 0.534. The van der Waals surface area contributed by atoms with E-state index in [2.05, 4.69) is 20.4 Å². The zero-order valence-electron chi connectivity index (χ0n) is 15.5. The lowest BCUT2D eigenvalue weighted by atomic mass is 10.1. The minimum atomic E-state index is -4.49. The molecule has 1 amide bonds. The van der Waals surface area contributed by atoms with E-state index in [1.807, 2.05) is 0 Å². The summed E-state index contributed by atoms with van der Waals surface area (Å²) in [6.45, 7) is 2.41. The van der Waals surface area contributed by atoms with Crippen LogP contribution in [0.15, 0.2) is 0 Å². The number of anilines is 1. The molecule has 0 spiro atoms. The molecule has 162 valence electrons. The van der Waals surface area contributed by atoms with Crippen molar-refractivity contribution in [3.05, 3.63) is 5.01 Å². The van der Waals surface area contributed by atoms with Crippen molar-refractivity contribution in [2.45, 2.75) is 37.0 Å². The molecule has 3 aliphatic heterocycles. The van der Waals surface area contributed by atoms with Gasteiger partial charge in [0, 0.05) is 51.7 Å². The topological polar surface area (TPSA) is 64.6 Å². The Morgan fingerprint density at radius 3 is 2.45 bits per heavy atom. The van der Waals surface area contributed by atoms with Crippen LogP contribution in [0.1, 0.15) is 17.8 Å². The Kier molecular flexibility index (Phi) is 5.40. The van der Waals surface area contributed by atoms with Crippen LogP contribution in [-0.4, -0.2) is 89.7 Å². The van der Waals surface area contributed by atoms with Crippen LogP contribution in [0, 0.1) is 0 Å². The van der Waals surface area contributed by atoms with Gasteiger partial charge in [-0.15, -0.1) is 10.2 Å². The predicted molar refractivity (Wildman–Crippen MR) is 95.0 cm³/mol. The van der Waals surface area contributed by atoms with Crippen molar-refractivity contribution in [1.29, 1.82) is 0 Å². The summed E-state index contributed by atoms with van der Waals surface area (Å²) in [6, 6.07) is -0.376. The molecule has 1 aromatic rings. The monoisotopic (exact) mass is 440 g/mol. The molecular formula is C16H21F5N6OS. The van der Waals surface area contributed by atoms with Gasteiger partial charge in [-0.3, -0.25) is 9.69 Å². The van der Waals surface area contributed by atoms with E-state index in [4.69, 9.17) is 0 Å². The zero-order valence-corrected chi connectivity index (χ0v) is 16.3. The van der Waals surface area contributed by atoms with Gasteiger partial charge in [0.2, 0.25) is 16.0 Å². The Morgan fingerprint density at radius 1 is 1.14 bits per heavy atom. The summed E-state index contributed by atoms with van der Waals surface area (Å²) in [5.74, 6) is -3.09. The number of likely N-dealkylation sites (tertiary alicyclic amines) is 1. The summed E-state index contributed by atoms with van der Waals surface area (Å²) in [5.41, 5.74) is 0. The lowest BCUT2D eigenvalue weighted by Crippen LogP contribution is -2.51. The Bertz CT molecular complexity index is 750. The van der Waals surface area contributed by atoms with E-state index in [0.29, 0.717) is 50.5 Å². The Hall–Kier alpha value is -1.60. The van der Waals surface area contributed by atoms with E-state index in [-0.39, 0.29) is 30.0 Å². The third kappa shape index (κ3) is 4.45. The van der Waals surface area contributed by atoms with E-state index < -0.39 is 29.7 Å². The van der Waals surface area contributed by atoms with Crippen LogP contribution >= 0.6 is 11.3 Å². The minimum Gasteiger partial charge on any atom is -0.344 e. The van der Waals surface area contributed by atoms with Gasteiger partial charge in [0.1, 0.15) is 0 Å². The molecule has 2 atom stereocenters. The highest BCUT2D eigenvalue weighted by Gasteiger charge is 2.44. The van der Waals surface area contributed by atoms with Crippen LogP contribution in [0.2, 0.25) is 0 Å². The first-order valence-corrected chi connectivity index (χ1v) is 10.2. The van der Waals surface area contributed by atoms with Crippen LogP contribution in [0.25, 0.3) is 0 Å². The molecule has 4 rings (SSSR count). The average Bonchev–Trinajstić information content (AvgIpc) is 3.40. The fraction of sp³-hybridized carbons (Fsp3) is 0.812. The van der Waals surface area contributed by atoms with Crippen LogP contribution in [0.4, 0.5) is 27.1 Å². The highest BCUT2D eigenvalue weighted by molar-refractivity contribution is 7.15. The lowest BCUT2D eigenvalue weighted by molar-refractivity contribution is -0.138. The number of amides is 1. The molecule has 1 N–H and O–H groups in total. The van der Waals surface area contributed by atoms with Crippen molar-refractivity contribution in [2.75, 3.05) is 50.7 Å². The van der Waals surface area contributed by atoms with Gasteiger partial charge < -0.3 is 15.1 Å². The number of rotatable bonds is 3. The Balaban J connectivity index is 1.27. The number of hydrogen-bond donors (Lipinski definition) is 1. The maximum atomic E-state index is 13.4. The Morgan fingerprint density at radius 2 is 1.86 bits per heavy atom. The molecule has 3 fully saturated rings. The quantitative estimate of drug-likeness (QED) is 0.715.